The summed E-state index contributed by atoms with van der Waals surface area (Å²) in [5.74, 6) is 1.10. The molecule has 1 aromatic carbocycles. The number of aromatic nitrogens is 1. The van der Waals surface area contributed by atoms with Crippen LogP contribution in [0.2, 0.25) is 0 Å². The van der Waals surface area contributed by atoms with Crippen molar-refractivity contribution < 1.29 is 14.3 Å². The lowest BCUT2D eigenvalue weighted by molar-refractivity contribution is -0.134. The van der Waals surface area contributed by atoms with Gasteiger partial charge in [0.2, 0.25) is 5.91 Å². The summed E-state index contributed by atoms with van der Waals surface area (Å²) in [7, 11) is 1.93. The zero-order valence-corrected chi connectivity index (χ0v) is 19.3. The van der Waals surface area contributed by atoms with Crippen molar-refractivity contribution in [3.05, 3.63) is 59.8 Å². The molecule has 3 fully saturated rings. The molecule has 0 aliphatic carbocycles. The van der Waals surface area contributed by atoms with Crippen LogP contribution < -0.4 is 4.90 Å². The van der Waals surface area contributed by atoms with Gasteiger partial charge in [0.15, 0.2) is 0 Å². The minimum atomic E-state index is -0.370. The predicted octanol–water partition coefficient (Wildman–Crippen LogP) is 2.93. The van der Waals surface area contributed by atoms with Crippen molar-refractivity contribution in [2.75, 3.05) is 51.3 Å². The Bertz CT molecular complexity index is 1010. The van der Waals surface area contributed by atoms with Crippen molar-refractivity contribution in [1.82, 2.24) is 14.8 Å². The van der Waals surface area contributed by atoms with E-state index in [2.05, 4.69) is 22.0 Å². The Morgan fingerprint density at radius 1 is 1.12 bits per heavy atom. The van der Waals surface area contributed by atoms with Gasteiger partial charge in [-0.25, -0.2) is 4.98 Å². The van der Waals surface area contributed by atoms with E-state index in [-0.39, 0.29) is 23.3 Å². The molecule has 174 valence electrons. The lowest BCUT2D eigenvalue weighted by atomic mass is 9.78. The number of anilines is 1. The van der Waals surface area contributed by atoms with E-state index in [1.54, 1.807) is 12.3 Å². The van der Waals surface area contributed by atoms with Crippen molar-refractivity contribution in [2.45, 2.75) is 37.1 Å². The molecular weight excluding hydrogens is 416 g/mol. The van der Waals surface area contributed by atoms with Gasteiger partial charge in [0.1, 0.15) is 5.82 Å². The van der Waals surface area contributed by atoms with Crippen LogP contribution in [0.15, 0.2) is 48.7 Å². The summed E-state index contributed by atoms with van der Waals surface area (Å²) in [6, 6.07) is 14.1. The summed E-state index contributed by atoms with van der Waals surface area (Å²) < 4.78 is 5.45. The van der Waals surface area contributed by atoms with Gasteiger partial charge >= 0.3 is 0 Å². The van der Waals surface area contributed by atoms with Gasteiger partial charge in [0.05, 0.1) is 18.8 Å². The number of amides is 2. The maximum atomic E-state index is 13.7. The van der Waals surface area contributed by atoms with E-state index in [0.717, 1.165) is 38.2 Å². The number of carbonyl (C=O) groups excluding carboxylic acids is 2. The molecule has 1 aromatic heterocycles. The number of hydrogen-bond donors (Lipinski definition) is 0. The minimum Gasteiger partial charge on any atom is -0.378 e. The normalized spacial score (nSPS) is 26.0. The third-order valence-electron chi connectivity index (χ3n) is 7.63. The summed E-state index contributed by atoms with van der Waals surface area (Å²) in [5.41, 5.74) is 1.47. The third-order valence-corrected chi connectivity index (χ3v) is 7.63. The number of morpholine rings is 1. The van der Waals surface area contributed by atoms with Crippen molar-refractivity contribution in [1.29, 1.82) is 0 Å². The quantitative estimate of drug-likeness (QED) is 0.722. The van der Waals surface area contributed by atoms with Gasteiger partial charge in [-0.2, -0.15) is 0 Å². The second kappa shape index (κ2) is 9.14. The number of likely N-dealkylation sites (tertiary alicyclic amines) is 2. The molecule has 7 heteroatoms. The lowest BCUT2D eigenvalue weighted by Crippen LogP contribution is -2.53. The van der Waals surface area contributed by atoms with Gasteiger partial charge in [0.25, 0.3) is 5.91 Å². The van der Waals surface area contributed by atoms with Crippen molar-refractivity contribution in [2.24, 2.45) is 0 Å². The summed E-state index contributed by atoms with van der Waals surface area (Å²) >= 11 is 0. The molecule has 0 saturated carbocycles. The van der Waals surface area contributed by atoms with E-state index in [1.807, 2.05) is 41.1 Å². The molecule has 0 unspecified atom stereocenters. The number of nitrogens with zero attached hydrogens (tertiary/aromatic N) is 4. The fourth-order valence-corrected chi connectivity index (χ4v) is 5.73. The summed E-state index contributed by atoms with van der Waals surface area (Å²) in [6.07, 6.45) is 5.13. The van der Waals surface area contributed by atoms with Crippen LogP contribution in [0.5, 0.6) is 0 Å². The first kappa shape index (κ1) is 21.9. The first-order chi connectivity index (χ1) is 16.1. The third kappa shape index (κ3) is 4.10. The standard InChI is InChI=1S/C26H32N4O3/c1-28-24(31)9-5-6-11-26(28)19-30(18-22(26)20-7-3-2-4-8-20)25(32)21-10-12-27-23(17-21)29-13-15-33-16-14-29/h2-4,7-8,10,12,17,22H,5-6,9,11,13-16,18-19H2,1H3/t22-,26+/m0/s1. The molecule has 0 N–H and O–H groups in total. The van der Waals surface area contributed by atoms with Crippen molar-refractivity contribution in [3.63, 3.8) is 0 Å². The molecule has 33 heavy (non-hydrogen) atoms. The number of benzene rings is 1. The van der Waals surface area contributed by atoms with Crippen LogP contribution in [0, 0.1) is 0 Å². The largest absolute Gasteiger partial charge is 0.378 e. The van der Waals surface area contributed by atoms with E-state index in [9.17, 15) is 9.59 Å². The molecule has 2 amide bonds. The average Bonchev–Trinajstić information content (AvgIpc) is 3.21. The Labute approximate surface area is 195 Å². The monoisotopic (exact) mass is 448 g/mol. The Morgan fingerprint density at radius 3 is 2.70 bits per heavy atom. The topological polar surface area (TPSA) is 66.0 Å². The van der Waals surface area contributed by atoms with Crippen LogP contribution in [-0.4, -0.2) is 78.6 Å². The van der Waals surface area contributed by atoms with E-state index >= 15 is 0 Å². The molecule has 2 atom stereocenters. The number of hydrogen-bond acceptors (Lipinski definition) is 5. The summed E-state index contributed by atoms with van der Waals surface area (Å²) in [6.45, 7) is 4.07. The average molecular weight is 449 g/mol. The second-order valence-electron chi connectivity index (χ2n) is 9.41. The van der Waals surface area contributed by atoms with Gasteiger partial charge in [-0.1, -0.05) is 36.8 Å². The second-order valence-corrected chi connectivity index (χ2v) is 9.41. The van der Waals surface area contributed by atoms with E-state index in [4.69, 9.17) is 4.74 Å². The first-order valence-electron chi connectivity index (χ1n) is 12.0. The highest BCUT2D eigenvalue weighted by Gasteiger charge is 2.52. The highest BCUT2D eigenvalue weighted by molar-refractivity contribution is 5.95. The first-order valence-corrected chi connectivity index (χ1v) is 12.0. The molecule has 0 bridgehead atoms. The van der Waals surface area contributed by atoms with Crippen LogP contribution in [0.25, 0.3) is 0 Å². The van der Waals surface area contributed by atoms with Crippen LogP contribution in [0.1, 0.15) is 47.5 Å². The van der Waals surface area contributed by atoms with Crippen LogP contribution in [0.4, 0.5) is 5.82 Å². The highest BCUT2D eigenvalue weighted by Crippen LogP contribution is 2.45. The Hall–Kier alpha value is -2.93. The highest BCUT2D eigenvalue weighted by atomic mass is 16.5. The fourth-order valence-electron chi connectivity index (χ4n) is 5.73. The van der Waals surface area contributed by atoms with Gasteiger partial charge in [-0.3, -0.25) is 9.59 Å². The maximum absolute atomic E-state index is 13.7. The summed E-state index contributed by atoms with van der Waals surface area (Å²) in [4.78, 5) is 37.2. The fraction of sp³-hybridized carbons (Fsp3) is 0.500. The van der Waals surface area contributed by atoms with Gasteiger partial charge in [-0.05, 0) is 30.5 Å². The van der Waals surface area contributed by atoms with Crippen LogP contribution in [-0.2, 0) is 9.53 Å². The van der Waals surface area contributed by atoms with Crippen LogP contribution >= 0.6 is 0 Å². The Kier molecular flexibility index (Phi) is 6.06. The van der Waals surface area contributed by atoms with E-state index in [0.29, 0.717) is 38.3 Å². The minimum absolute atomic E-state index is 0.00908. The Morgan fingerprint density at radius 2 is 1.91 bits per heavy atom. The van der Waals surface area contributed by atoms with Crippen molar-refractivity contribution >= 4 is 17.6 Å². The van der Waals surface area contributed by atoms with E-state index in [1.165, 1.54) is 5.56 Å². The smallest absolute Gasteiger partial charge is 0.254 e. The van der Waals surface area contributed by atoms with Gasteiger partial charge < -0.3 is 19.4 Å². The number of rotatable bonds is 3. The molecule has 3 aliphatic heterocycles. The SMILES string of the molecule is CN1C(=O)CCCC[C@]12CN(C(=O)c1ccnc(N3CCOCC3)c1)C[C@H]2c1ccccc1. The molecule has 4 heterocycles. The zero-order valence-electron chi connectivity index (χ0n) is 19.3. The molecule has 3 saturated heterocycles. The molecule has 7 nitrogen and oxygen atoms in total. The van der Waals surface area contributed by atoms with Gasteiger partial charge in [-0.15, -0.1) is 0 Å². The molecule has 1 spiro atoms. The number of ether oxygens (including phenoxy) is 1. The number of carbonyl (C=O) groups is 2. The Balaban J connectivity index is 1.46. The predicted molar refractivity (Wildman–Crippen MR) is 126 cm³/mol. The molecule has 0 radical (unpaired) electrons. The zero-order chi connectivity index (χ0) is 22.8. The molecular formula is C26H32N4O3. The lowest BCUT2D eigenvalue weighted by Gasteiger charge is -2.42. The van der Waals surface area contributed by atoms with Gasteiger partial charge in [0, 0.05) is 57.3 Å². The molecule has 2 aromatic rings. The molecule has 5 rings (SSSR count). The van der Waals surface area contributed by atoms with Crippen molar-refractivity contribution in [3.8, 4) is 0 Å². The van der Waals surface area contributed by atoms with E-state index < -0.39 is 0 Å². The molecule has 3 aliphatic rings. The van der Waals surface area contributed by atoms with Crippen LogP contribution in [0.3, 0.4) is 0 Å². The number of likely N-dealkylation sites (N-methyl/N-ethyl adjacent to an activating group) is 1. The maximum Gasteiger partial charge on any atom is 0.254 e. The number of pyridine rings is 1. The summed E-state index contributed by atoms with van der Waals surface area (Å²) in [5, 5.41) is 0.